The number of H-pyrrole nitrogens is 1. The molecule has 240 valence electrons. The standard InChI is InChI=1S/C36H38BrClN4O3S/c1-3-4-5-32(43)40-16-18-41(19-17-40)35(45)36(46-28-13-6-24(2)7-14-28)21-33(44)42(23-25-8-10-26(37)11-9-25)34(36)30-22-39-31-20-27(38)12-15-29(30)31/h6-15,20,22,34,39H,3-5,16-19,21,23H2,1-2H3/t34-,36-/m0/s1. The summed E-state index contributed by atoms with van der Waals surface area (Å²) in [5, 5.41) is 1.54. The van der Waals surface area contributed by atoms with Gasteiger partial charge in [-0.25, -0.2) is 0 Å². The van der Waals surface area contributed by atoms with Crippen molar-refractivity contribution in [2.75, 3.05) is 26.2 Å². The molecular weight excluding hydrogens is 684 g/mol. The maximum absolute atomic E-state index is 15.1. The molecule has 6 rings (SSSR count). The van der Waals surface area contributed by atoms with Crippen LogP contribution in [0.5, 0.6) is 0 Å². The first-order valence-electron chi connectivity index (χ1n) is 15.8. The summed E-state index contributed by atoms with van der Waals surface area (Å²) in [6.45, 7) is 6.33. The number of hydrogen-bond acceptors (Lipinski definition) is 4. The number of fused-ring (bicyclic) bond motifs is 1. The van der Waals surface area contributed by atoms with E-state index in [0.29, 0.717) is 44.2 Å². The second-order valence-corrected chi connectivity index (χ2v) is 15.0. The number of aryl methyl sites for hydroxylation is 1. The van der Waals surface area contributed by atoms with Crippen LogP contribution < -0.4 is 0 Å². The van der Waals surface area contributed by atoms with Crippen LogP contribution in [0.15, 0.2) is 82.3 Å². The molecule has 2 fully saturated rings. The number of aromatic amines is 1. The molecule has 3 aromatic carbocycles. The third-order valence-corrected chi connectivity index (χ3v) is 11.2. The fourth-order valence-electron chi connectivity index (χ4n) is 6.61. The van der Waals surface area contributed by atoms with Crippen molar-refractivity contribution in [1.82, 2.24) is 19.7 Å². The molecule has 2 aliphatic heterocycles. The zero-order chi connectivity index (χ0) is 32.4. The van der Waals surface area contributed by atoms with Gasteiger partial charge in [0.25, 0.3) is 0 Å². The number of carbonyl (C=O) groups excluding carboxylic acids is 3. The van der Waals surface area contributed by atoms with Crippen molar-refractivity contribution >= 4 is 67.9 Å². The molecule has 2 saturated heterocycles. The van der Waals surface area contributed by atoms with Gasteiger partial charge < -0.3 is 19.7 Å². The molecule has 1 N–H and O–H groups in total. The van der Waals surface area contributed by atoms with Crippen molar-refractivity contribution in [3.05, 3.63) is 99.1 Å². The number of thioether (sulfide) groups is 1. The van der Waals surface area contributed by atoms with Crippen LogP contribution >= 0.6 is 39.3 Å². The normalized spacial score (nSPS) is 20.1. The fourth-order valence-corrected chi connectivity index (χ4v) is 8.52. The summed E-state index contributed by atoms with van der Waals surface area (Å²) in [6.07, 6.45) is 4.35. The van der Waals surface area contributed by atoms with Crippen LogP contribution in [0.1, 0.15) is 55.3 Å². The molecule has 3 amide bonds. The van der Waals surface area contributed by atoms with Crippen molar-refractivity contribution in [2.24, 2.45) is 0 Å². The highest BCUT2D eigenvalue weighted by molar-refractivity contribution is 9.10. The monoisotopic (exact) mass is 720 g/mol. The molecule has 0 aliphatic carbocycles. The highest BCUT2D eigenvalue weighted by atomic mass is 79.9. The second-order valence-electron chi connectivity index (χ2n) is 12.2. The maximum Gasteiger partial charge on any atom is 0.242 e. The Balaban J connectivity index is 1.44. The SMILES string of the molecule is CCCCC(=O)N1CCN(C(=O)[C@]2(Sc3ccc(C)cc3)CC(=O)N(Cc3ccc(Br)cc3)[C@H]2c2c[nH]c3cc(Cl)ccc23)CC1. The van der Waals surface area contributed by atoms with E-state index < -0.39 is 10.8 Å². The number of carbonyl (C=O) groups is 3. The van der Waals surface area contributed by atoms with Gasteiger partial charge in [-0.05, 0) is 55.3 Å². The molecule has 0 spiro atoms. The number of unbranched alkanes of at least 4 members (excludes halogenated alkanes) is 1. The lowest BCUT2D eigenvalue weighted by atomic mass is 9.90. The van der Waals surface area contributed by atoms with E-state index in [9.17, 15) is 9.59 Å². The van der Waals surface area contributed by atoms with E-state index in [-0.39, 0.29) is 24.1 Å². The molecule has 10 heteroatoms. The number of likely N-dealkylation sites (tertiary alicyclic amines) is 1. The average Bonchev–Trinajstić information content (AvgIpc) is 3.58. The van der Waals surface area contributed by atoms with E-state index in [4.69, 9.17) is 11.6 Å². The van der Waals surface area contributed by atoms with Gasteiger partial charge >= 0.3 is 0 Å². The van der Waals surface area contributed by atoms with E-state index >= 15 is 4.79 Å². The molecule has 1 aromatic heterocycles. The molecular formula is C36H38BrClN4O3S. The topological polar surface area (TPSA) is 76.7 Å². The third kappa shape index (κ3) is 6.60. The Labute approximate surface area is 287 Å². The predicted molar refractivity (Wildman–Crippen MR) is 188 cm³/mol. The lowest BCUT2D eigenvalue weighted by molar-refractivity contribution is -0.141. The Bertz CT molecular complexity index is 1740. The van der Waals surface area contributed by atoms with Crippen LogP contribution in [0.2, 0.25) is 5.02 Å². The highest BCUT2D eigenvalue weighted by Crippen LogP contribution is 2.55. The van der Waals surface area contributed by atoms with E-state index in [0.717, 1.165) is 49.8 Å². The Hall–Kier alpha value is -3.27. The van der Waals surface area contributed by atoms with Crippen molar-refractivity contribution in [1.29, 1.82) is 0 Å². The first-order valence-corrected chi connectivity index (χ1v) is 17.8. The minimum atomic E-state index is -1.15. The Morgan fingerprint density at radius 2 is 1.70 bits per heavy atom. The summed E-state index contributed by atoms with van der Waals surface area (Å²) in [4.78, 5) is 52.1. The predicted octanol–water partition coefficient (Wildman–Crippen LogP) is 7.76. The van der Waals surface area contributed by atoms with Crippen LogP contribution in [0, 0.1) is 6.92 Å². The fraction of sp³-hybridized carbons (Fsp3) is 0.361. The lowest BCUT2D eigenvalue weighted by Gasteiger charge is -2.42. The Morgan fingerprint density at radius 3 is 2.39 bits per heavy atom. The van der Waals surface area contributed by atoms with Gasteiger partial charge in [0.2, 0.25) is 17.7 Å². The van der Waals surface area contributed by atoms with Crippen molar-refractivity contribution < 1.29 is 14.4 Å². The number of hydrogen-bond donors (Lipinski definition) is 1. The summed E-state index contributed by atoms with van der Waals surface area (Å²) in [5.74, 6) is 0.000940. The lowest BCUT2D eigenvalue weighted by Crippen LogP contribution is -2.57. The number of nitrogens with zero attached hydrogens (tertiary/aromatic N) is 3. The minimum Gasteiger partial charge on any atom is -0.361 e. The van der Waals surface area contributed by atoms with Crippen molar-refractivity contribution in [3.8, 4) is 0 Å². The first-order chi connectivity index (χ1) is 22.2. The molecule has 0 radical (unpaired) electrons. The van der Waals surface area contributed by atoms with Crippen molar-refractivity contribution in [3.63, 3.8) is 0 Å². The van der Waals surface area contributed by atoms with Gasteiger partial charge in [0.1, 0.15) is 4.75 Å². The first kappa shape index (κ1) is 32.7. The molecule has 46 heavy (non-hydrogen) atoms. The van der Waals surface area contributed by atoms with Crippen LogP contribution in [0.25, 0.3) is 10.9 Å². The van der Waals surface area contributed by atoms with E-state index in [1.54, 1.807) is 0 Å². The molecule has 7 nitrogen and oxygen atoms in total. The van der Waals surface area contributed by atoms with Gasteiger partial charge in [0.05, 0.1) is 12.5 Å². The number of piperazine rings is 1. The zero-order valence-electron chi connectivity index (χ0n) is 26.1. The number of aromatic nitrogens is 1. The second kappa shape index (κ2) is 13.8. The summed E-state index contributed by atoms with van der Waals surface area (Å²) in [6, 6.07) is 21.2. The molecule has 0 unspecified atom stereocenters. The summed E-state index contributed by atoms with van der Waals surface area (Å²) < 4.78 is -0.189. The number of amides is 3. The van der Waals surface area contributed by atoms with E-state index in [2.05, 4.69) is 27.8 Å². The number of rotatable bonds is 9. The van der Waals surface area contributed by atoms with Gasteiger partial charge in [-0.2, -0.15) is 0 Å². The molecule has 2 atom stereocenters. The third-order valence-electron chi connectivity index (χ3n) is 9.07. The van der Waals surface area contributed by atoms with Gasteiger partial charge in [-0.3, -0.25) is 14.4 Å². The van der Waals surface area contributed by atoms with Gasteiger partial charge in [0.15, 0.2) is 0 Å². The van der Waals surface area contributed by atoms with Gasteiger partial charge in [-0.15, -0.1) is 11.8 Å². The average molecular weight is 722 g/mol. The van der Waals surface area contributed by atoms with Crippen LogP contribution in [-0.4, -0.2) is 68.3 Å². The summed E-state index contributed by atoms with van der Waals surface area (Å²) >= 11 is 11.4. The van der Waals surface area contributed by atoms with E-state index in [1.165, 1.54) is 11.8 Å². The maximum atomic E-state index is 15.1. The number of halogens is 2. The largest absolute Gasteiger partial charge is 0.361 e. The van der Waals surface area contributed by atoms with Crippen molar-refractivity contribution in [2.45, 2.75) is 61.8 Å². The van der Waals surface area contributed by atoms with Crippen LogP contribution in [0.3, 0.4) is 0 Å². The Kier molecular flexibility index (Phi) is 9.83. The molecule has 2 aliphatic rings. The Morgan fingerprint density at radius 1 is 1.00 bits per heavy atom. The van der Waals surface area contributed by atoms with Crippen LogP contribution in [0.4, 0.5) is 0 Å². The number of benzene rings is 3. The van der Waals surface area contributed by atoms with E-state index in [1.807, 2.05) is 94.6 Å². The molecule has 0 bridgehead atoms. The van der Waals surface area contributed by atoms with Crippen LogP contribution in [-0.2, 0) is 20.9 Å². The summed E-state index contributed by atoms with van der Waals surface area (Å²) in [7, 11) is 0. The number of nitrogens with one attached hydrogen (secondary N) is 1. The zero-order valence-corrected chi connectivity index (χ0v) is 29.3. The smallest absolute Gasteiger partial charge is 0.242 e. The summed E-state index contributed by atoms with van der Waals surface area (Å²) in [5.41, 5.74) is 3.84. The quantitative estimate of drug-likeness (QED) is 0.192. The molecule has 4 aromatic rings. The van der Waals surface area contributed by atoms with Gasteiger partial charge in [-0.1, -0.05) is 76.8 Å². The highest BCUT2D eigenvalue weighted by Gasteiger charge is 2.59. The molecule has 3 heterocycles. The minimum absolute atomic E-state index is 0.0570. The van der Waals surface area contributed by atoms with Gasteiger partial charge in [0, 0.05) is 76.2 Å². The molecule has 0 saturated carbocycles.